The number of nitrogens with zero attached hydrogens (tertiary/aromatic N) is 2. The Morgan fingerprint density at radius 1 is 1.05 bits per heavy atom. The third-order valence-corrected chi connectivity index (χ3v) is 3.22. The third-order valence-electron chi connectivity index (χ3n) is 3.22. The van der Waals surface area contributed by atoms with Gasteiger partial charge in [-0.05, 0) is 12.5 Å². The summed E-state index contributed by atoms with van der Waals surface area (Å²) in [6.07, 6.45) is 0. The maximum atomic E-state index is 4.63. The van der Waals surface area contributed by atoms with Crippen LogP contribution in [-0.2, 0) is 6.54 Å². The average Bonchev–Trinajstić information content (AvgIpc) is 2.47. The zero-order valence-corrected chi connectivity index (χ0v) is 12.6. The second kappa shape index (κ2) is 6.37. The molecule has 0 bridgehead atoms. The molecule has 0 atom stereocenters. The lowest BCUT2D eigenvalue weighted by molar-refractivity contribution is 0.773. The van der Waals surface area contributed by atoms with Gasteiger partial charge in [0.1, 0.15) is 17.5 Å². The smallest absolute Gasteiger partial charge is 0.135 e. The summed E-state index contributed by atoms with van der Waals surface area (Å²) in [6, 6.07) is 10.3. The first-order valence-corrected chi connectivity index (χ1v) is 6.96. The predicted octanol–water partition coefficient (Wildman–Crippen LogP) is 3.56. The quantitative estimate of drug-likeness (QED) is 0.872. The van der Waals surface area contributed by atoms with Crippen LogP contribution in [0.3, 0.4) is 0 Å². The SMILES string of the molecule is CNc1nc(C(C)C)nc(NCc2ccccc2)c1C. The van der Waals surface area contributed by atoms with E-state index in [0.717, 1.165) is 29.6 Å². The molecular weight excluding hydrogens is 248 g/mol. The van der Waals surface area contributed by atoms with Crippen molar-refractivity contribution in [3.8, 4) is 0 Å². The van der Waals surface area contributed by atoms with E-state index in [0.29, 0.717) is 5.92 Å². The van der Waals surface area contributed by atoms with E-state index in [1.165, 1.54) is 5.56 Å². The van der Waals surface area contributed by atoms with Crippen molar-refractivity contribution < 1.29 is 0 Å². The largest absolute Gasteiger partial charge is 0.373 e. The molecule has 0 fully saturated rings. The van der Waals surface area contributed by atoms with Crippen molar-refractivity contribution in [2.24, 2.45) is 0 Å². The van der Waals surface area contributed by atoms with Gasteiger partial charge in [-0.25, -0.2) is 9.97 Å². The molecule has 2 aromatic rings. The minimum Gasteiger partial charge on any atom is -0.373 e. The standard InChI is InChI=1S/C16H22N4/c1-11(2)14-19-15(17-4)12(3)16(20-14)18-10-13-8-6-5-7-9-13/h5-9,11H,10H2,1-4H3,(H2,17,18,19,20). The van der Waals surface area contributed by atoms with Crippen LogP contribution in [0.2, 0.25) is 0 Å². The lowest BCUT2D eigenvalue weighted by Gasteiger charge is -2.15. The highest BCUT2D eigenvalue weighted by Gasteiger charge is 2.12. The van der Waals surface area contributed by atoms with Gasteiger partial charge in [-0.3, -0.25) is 0 Å². The van der Waals surface area contributed by atoms with Crippen LogP contribution in [0.4, 0.5) is 11.6 Å². The molecule has 0 amide bonds. The van der Waals surface area contributed by atoms with E-state index in [1.54, 1.807) is 0 Å². The molecule has 0 aliphatic carbocycles. The fourth-order valence-corrected chi connectivity index (χ4v) is 1.99. The van der Waals surface area contributed by atoms with Crippen molar-refractivity contribution in [3.63, 3.8) is 0 Å². The molecule has 1 aromatic carbocycles. The molecule has 2 N–H and O–H groups in total. The van der Waals surface area contributed by atoms with Gasteiger partial charge in [0.2, 0.25) is 0 Å². The number of hydrogen-bond donors (Lipinski definition) is 2. The molecule has 106 valence electrons. The van der Waals surface area contributed by atoms with Crippen LogP contribution in [0.5, 0.6) is 0 Å². The highest BCUT2D eigenvalue weighted by Crippen LogP contribution is 2.23. The normalized spacial score (nSPS) is 10.7. The fraction of sp³-hybridized carbons (Fsp3) is 0.375. The van der Waals surface area contributed by atoms with E-state index in [1.807, 2.05) is 32.2 Å². The van der Waals surface area contributed by atoms with Crippen molar-refractivity contribution in [3.05, 3.63) is 47.3 Å². The molecule has 0 saturated carbocycles. The highest BCUT2D eigenvalue weighted by atomic mass is 15.1. The fourth-order valence-electron chi connectivity index (χ4n) is 1.99. The summed E-state index contributed by atoms with van der Waals surface area (Å²) in [6.45, 7) is 7.00. The summed E-state index contributed by atoms with van der Waals surface area (Å²) in [5.41, 5.74) is 2.29. The van der Waals surface area contributed by atoms with Gasteiger partial charge in [0.25, 0.3) is 0 Å². The Bertz CT molecular complexity index is 564. The van der Waals surface area contributed by atoms with Crippen molar-refractivity contribution >= 4 is 11.6 Å². The van der Waals surface area contributed by atoms with E-state index >= 15 is 0 Å². The maximum Gasteiger partial charge on any atom is 0.135 e. The van der Waals surface area contributed by atoms with Gasteiger partial charge in [-0.15, -0.1) is 0 Å². The van der Waals surface area contributed by atoms with E-state index in [-0.39, 0.29) is 0 Å². The van der Waals surface area contributed by atoms with Gasteiger partial charge in [-0.1, -0.05) is 44.2 Å². The van der Waals surface area contributed by atoms with Crippen molar-refractivity contribution in [2.45, 2.75) is 33.2 Å². The minimum absolute atomic E-state index is 0.306. The summed E-state index contributed by atoms with van der Waals surface area (Å²) in [7, 11) is 1.89. The Morgan fingerprint density at radius 2 is 1.70 bits per heavy atom. The second-order valence-corrected chi connectivity index (χ2v) is 5.15. The van der Waals surface area contributed by atoms with E-state index < -0.39 is 0 Å². The van der Waals surface area contributed by atoms with Gasteiger partial charge in [0.05, 0.1) is 0 Å². The third kappa shape index (κ3) is 3.26. The van der Waals surface area contributed by atoms with Crippen LogP contribution in [0.1, 0.15) is 36.7 Å². The molecule has 0 spiro atoms. The summed E-state index contributed by atoms with van der Waals surface area (Å²) in [4.78, 5) is 9.18. The number of nitrogens with one attached hydrogen (secondary N) is 2. The van der Waals surface area contributed by atoms with E-state index in [4.69, 9.17) is 0 Å². The molecule has 0 aliphatic rings. The topological polar surface area (TPSA) is 49.8 Å². The number of anilines is 2. The molecule has 20 heavy (non-hydrogen) atoms. The zero-order valence-electron chi connectivity index (χ0n) is 12.6. The molecule has 2 rings (SSSR count). The summed E-state index contributed by atoms with van der Waals surface area (Å²) < 4.78 is 0. The van der Waals surface area contributed by atoms with Gasteiger partial charge < -0.3 is 10.6 Å². The lowest BCUT2D eigenvalue weighted by atomic mass is 10.2. The molecule has 1 aromatic heterocycles. The van der Waals surface area contributed by atoms with E-state index in [9.17, 15) is 0 Å². The van der Waals surface area contributed by atoms with Crippen molar-refractivity contribution in [1.29, 1.82) is 0 Å². The van der Waals surface area contributed by atoms with Crippen LogP contribution in [-0.4, -0.2) is 17.0 Å². The molecule has 0 unspecified atom stereocenters. The van der Waals surface area contributed by atoms with Crippen LogP contribution < -0.4 is 10.6 Å². The zero-order chi connectivity index (χ0) is 14.5. The first kappa shape index (κ1) is 14.3. The average molecular weight is 270 g/mol. The van der Waals surface area contributed by atoms with Crippen LogP contribution in [0.15, 0.2) is 30.3 Å². The Hall–Kier alpha value is -2.10. The molecule has 0 saturated heterocycles. The van der Waals surface area contributed by atoms with Crippen molar-refractivity contribution in [1.82, 2.24) is 9.97 Å². The van der Waals surface area contributed by atoms with Gasteiger partial charge in [0.15, 0.2) is 0 Å². The number of rotatable bonds is 5. The molecule has 4 heteroatoms. The molecule has 0 aliphatic heterocycles. The van der Waals surface area contributed by atoms with Gasteiger partial charge in [0, 0.05) is 25.1 Å². The minimum atomic E-state index is 0.306. The van der Waals surface area contributed by atoms with E-state index in [2.05, 4.69) is 46.6 Å². The van der Waals surface area contributed by atoms with Crippen LogP contribution >= 0.6 is 0 Å². The first-order valence-electron chi connectivity index (χ1n) is 6.96. The summed E-state index contributed by atoms with van der Waals surface area (Å²) >= 11 is 0. The number of hydrogen-bond acceptors (Lipinski definition) is 4. The molecule has 1 heterocycles. The Balaban J connectivity index is 2.24. The first-order chi connectivity index (χ1) is 9.61. The van der Waals surface area contributed by atoms with Crippen molar-refractivity contribution in [2.75, 3.05) is 17.7 Å². The van der Waals surface area contributed by atoms with Crippen LogP contribution in [0.25, 0.3) is 0 Å². The Labute approximate surface area is 120 Å². The summed E-state index contributed by atoms with van der Waals surface area (Å²) in [5, 5.41) is 6.55. The predicted molar refractivity (Wildman–Crippen MR) is 84.2 cm³/mol. The van der Waals surface area contributed by atoms with Gasteiger partial charge >= 0.3 is 0 Å². The Kier molecular flexibility index (Phi) is 4.56. The molecular formula is C16H22N4. The number of benzene rings is 1. The number of aromatic nitrogens is 2. The highest BCUT2D eigenvalue weighted by molar-refractivity contribution is 5.57. The van der Waals surface area contributed by atoms with Crippen LogP contribution in [0, 0.1) is 6.92 Å². The maximum absolute atomic E-state index is 4.63. The summed E-state index contributed by atoms with van der Waals surface area (Å²) in [5.74, 6) is 2.95. The van der Waals surface area contributed by atoms with Gasteiger partial charge in [-0.2, -0.15) is 0 Å². The molecule has 4 nitrogen and oxygen atoms in total. The lowest BCUT2D eigenvalue weighted by Crippen LogP contribution is -2.10. The second-order valence-electron chi connectivity index (χ2n) is 5.15. The molecule has 0 radical (unpaired) electrons. The Morgan fingerprint density at radius 3 is 2.30 bits per heavy atom. The monoisotopic (exact) mass is 270 g/mol.